The van der Waals surface area contributed by atoms with Crippen LogP contribution in [0.15, 0.2) is 36.5 Å². The van der Waals surface area contributed by atoms with Crippen LogP contribution in [-0.2, 0) is 6.54 Å². The van der Waals surface area contributed by atoms with E-state index < -0.39 is 5.95 Å². The van der Waals surface area contributed by atoms with E-state index in [-0.39, 0.29) is 12.7 Å². The summed E-state index contributed by atoms with van der Waals surface area (Å²) >= 11 is 0. The Morgan fingerprint density at radius 2 is 2.10 bits per heavy atom. The zero-order valence-corrected chi connectivity index (χ0v) is 10.4. The summed E-state index contributed by atoms with van der Waals surface area (Å²) in [5, 5.41) is 2.73. The van der Waals surface area contributed by atoms with Crippen molar-refractivity contribution in [2.75, 3.05) is 6.79 Å². The third kappa shape index (κ3) is 2.54. The molecule has 0 aliphatic carbocycles. The van der Waals surface area contributed by atoms with Crippen molar-refractivity contribution in [1.82, 2.24) is 10.3 Å². The number of pyridine rings is 1. The summed E-state index contributed by atoms with van der Waals surface area (Å²) < 4.78 is 23.1. The van der Waals surface area contributed by atoms with Gasteiger partial charge in [-0.2, -0.15) is 4.39 Å². The topological polar surface area (TPSA) is 60.5 Å². The van der Waals surface area contributed by atoms with Gasteiger partial charge < -0.3 is 14.8 Å². The first-order valence-electron chi connectivity index (χ1n) is 6.01. The third-order valence-electron chi connectivity index (χ3n) is 2.88. The molecule has 1 aliphatic rings. The molecule has 1 aliphatic heterocycles. The van der Waals surface area contributed by atoms with E-state index in [1.165, 1.54) is 12.3 Å². The van der Waals surface area contributed by atoms with Gasteiger partial charge in [-0.1, -0.05) is 6.07 Å². The van der Waals surface area contributed by atoms with Gasteiger partial charge in [0.05, 0.1) is 5.56 Å². The summed E-state index contributed by atoms with van der Waals surface area (Å²) in [6.45, 7) is 0.555. The normalized spacial score (nSPS) is 12.2. The summed E-state index contributed by atoms with van der Waals surface area (Å²) in [6, 6.07) is 7.98. The highest BCUT2D eigenvalue weighted by Crippen LogP contribution is 2.32. The second-order valence-electron chi connectivity index (χ2n) is 4.24. The molecule has 20 heavy (non-hydrogen) atoms. The lowest BCUT2D eigenvalue weighted by atomic mass is 10.2. The summed E-state index contributed by atoms with van der Waals surface area (Å²) in [5.41, 5.74) is 1.20. The minimum absolute atomic E-state index is 0.215. The Kier molecular flexibility index (Phi) is 3.20. The number of nitrogens with one attached hydrogen (secondary N) is 1. The minimum Gasteiger partial charge on any atom is -0.454 e. The maximum absolute atomic E-state index is 12.7. The van der Waals surface area contributed by atoms with Crippen LogP contribution in [0.5, 0.6) is 11.5 Å². The molecule has 3 rings (SSSR count). The van der Waals surface area contributed by atoms with Gasteiger partial charge in [-0.15, -0.1) is 0 Å². The quantitative estimate of drug-likeness (QED) is 0.868. The number of carbonyl (C=O) groups is 1. The van der Waals surface area contributed by atoms with E-state index in [4.69, 9.17) is 9.47 Å². The molecule has 0 atom stereocenters. The average Bonchev–Trinajstić information content (AvgIpc) is 2.93. The van der Waals surface area contributed by atoms with Gasteiger partial charge in [-0.25, -0.2) is 4.98 Å². The van der Waals surface area contributed by atoms with Gasteiger partial charge in [-0.05, 0) is 29.8 Å². The highest BCUT2D eigenvalue weighted by molar-refractivity contribution is 5.93. The van der Waals surface area contributed by atoms with E-state index in [1.807, 2.05) is 12.1 Å². The summed E-state index contributed by atoms with van der Waals surface area (Å²) in [6.07, 6.45) is 1.20. The van der Waals surface area contributed by atoms with Crippen LogP contribution in [0.25, 0.3) is 0 Å². The lowest BCUT2D eigenvalue weighted by Crippen LogP contribution is -2.22. The van der Waals surface area contributed by atoms with E-state index in [0.717, 1.165) is 11.6 Å². The van der Waals surface area contributed by atoms with Crippen LogP contribution in [-0.4, -0.2) is 17.7 Å². The summed E-state index contributed by atoms with van der Waals surface area (Å²) in [7, 11) is 0. The van der Waals surface area contributed by atoms with E-state index >= 15 is 0 Å². The monoisotopic (exact) mass is 274 g/mol. The van der Waals surface area contributed by atoms with Crippen LogP contribution in [0.3, 0.4) is 0 Å². The molecule has 102 valence electrons. The van der Waals surface area contributed by atoms with Crippen LogP contribution >= 0.6 is 0 Å². The summed E-state index contributed by atoms with van der Waals surface area (Å²) in [4.78, 5) is 15.3. The zero-order valence-electron chi connectivity index (χ0n) is 10.4. The number of amides is 1. The standard InChI is InChI=1S/C14H11FN2O3/c15-13-4-2-10(7-16-13)14(18)17-6-9-1-3-11-12(5-9)20-8-19-11/h1-5,7H,6,8H2,(H,17,18). The molecule has 0 fully saturated rings. The predicted molar refractivity (Wildman–Crippen MR) is 67.9 cm³/mol. The largest absolute Gasteiger partial charge is 0.454 e. The van der Waals surface area contributed by atoms with Gasteiger partial charge in [0.15, 0.2) is 11.5 Å². The number of nitrogens with zero attached hydrogens (tertiary/aromatic N) is 1. The maximum Gasteiger partial charge on any atom is 0.253 e. The van der Waals surface area contributed by atoms with E-state index in [0.29, 0.717) is 23.6 Å². The average molecular weight is 274 g/mol. The number of aromatic nitrogens is 1. The fourth-order valence-electron chi connectivity index (χ4n) is 1.85. The SMILES string of the molecule is O=C(NCc1ccc2c(c1)OCO2)c1ccc(F)nc1. The number of halogens is 1. The number of hydrogen-bond donors (Lipinski definition) is 1. The minimum atomic E-state index is -0.614. The van der Waals surface area contributed by atoms with Crippen molar-refractivity contribution in [3.05, 3.63) is 53.6 Å². The fraction of sp³-hybridized carbons (Fsp3) is 0.143. The van der Waals surface area contributed by atoms with Crippen molar-refractivity contribution in [3.63, 3.8) is 0 Å². The molecular weight excluding hydrogens is 263 g/mol. The number of rotatable bonds is 3. The number of benzene rings is 1. The zero-order chi connectivity index (χ0) is 13.9. The highest BCUT2D eigenvalue weighted by Gasteiger charge is 2.13. The van der Waals surface area contributed by atoms with Crippen LogP contribution in [0.2, 0.25) is 0 Å². The Morgan fingerprint density at radius 3 is 2.90 bits per heavy atom. The molecule has 1 aromatic carbocycles. The first-order valence-corrected chi connectivity index (χ1v) is 6.01. The lowest BCUT2D eigenvalue weighted by molar-refractivity contribution is 0.0950. The van der Waals surface area contributed by atoms with E-state index in [1.54, 1.807) is 6.07 Å². The Labute approximate surface area is 114 Å². The Bertz CT molecular complexity index is 643. The second-order valence-corrected chi connectivity index (χ2v) is 4.24. The molecule has 0 unspecified atom stereocenters. The van der Waals surface area contributed by atoms with Gasteiger partial charge in [-0.3, -0.25) is 4.79 Å². The molecule has 1 amide bonds. The predicted octanol–water partition coefficient (Wildman–Crippen LogP) is 1.88. The van der Waals surface area contributed by atoms with Gasteiger partial charge in [0.1, 0.15) is 0 Å². The lowest BCUT2D eigenvalue weighted by Gasteiger charge is -2.06. The molecule has 0 saturated carbocycles. The third-order valence-corrected chi connectivity index (χ3v) is 2.88. The fourth-order valence-corrected chi connectivity index (χ4v) is 1.85. The molecule has 2 heterocycles. The first kappa shape index (κ1) is 12.4. The van der Waals surface area contributed by atoms with Gasteiger partial charge >= 0.3 is 0 Å². The van der Waals surface area contributed by atoms with Crippen molar-refractivity contribution in [1.29, 1.82) is 0 Å². The van der Waals surface area contributed by atoms with Crippen LogP contribution in [0, 0.1) is 5.95 Å². The Hall–Kier alpha value is -2.63. The number of hydrogen-bond acceptors (Lipinski definition) is 4. The van der Waals surface area contributed by atoms with Crippen molar-refractivity contribution in [2.24, 2.45) is 0 Å². The summed E-state index contributed by atoms with van der Waals surface area (Å²) in [5.74, 6) is 0.440. The molecule has 0 spiro atoms. The van der Waals surface area contributed by atoms with E-state index in [2.05, 4.69) is 10.3 Å². The molecule has 1 aromatic heterocycles. The molecule has 1 N–H and O–H groups in total. The molecule has 0 bridgehead atoms. The van der Waals surface area contributed by atoms with Crippen molar-refractivity contribution in [2.45, 2.75) is 6.54 Å². The van der Waals surface area contributed by atoms with E-state index in [9.17, 15) is 9.18 Å². The van der Waals surface area contributed by atoms with Gasteiger partial charge in [0.25, 0.3) is 5.91 Å². The molecule has 0 radical (unpaired) electrons. The number of fused-ring (bicyclic) bond motifs is 1. The van der Waals surface area contributed by atoms with Crippen molar-refractivity contribution < 1.29 is 18.7 Å². The van der Waals surface area contributed by atoms with Crippen molar-refractivity contribution in [3.8, 4) is 11.5 Å². The Morgan fingerprint density at radius 1 is 1.25 bits per heavy atom. The maximum atomic E-state index is 12.7. The molecule has 5 nitrogen and oxygen atoms in total. The van der Waals surface area contributed by atoms with Crippen LogP contribution in [0.1, 0.15) is 15.9 Å². The van der Waals surface area contributed by atoms with Crippen LogP contribution < -0.4 is 14.8 Å². The Balaban J connectivity index is 1.64. The molecular formula is C14H11FN2O3. The smallest absolute Gasteiger partial charge is 0.253 e. The van der Waals surface area contributed by atoms with Crippen LogP contribution in [0.4, 0.5) is 4.39 Å². The van der Waals surface area contributed by atoms with Crippen molar-refractivity contribution >= 4 is 5.91 Å². The van der Waals surface area contributed by atoms with Gasteiger partial charge in [0, 0.05) is 12.7 Å². The molecule has 0 saturated heterocycles. The second kappa shape index (κ2) is 5.16. The number of carbonyl (C=O) groups excluding carboxylic acids is 1. The molecule has 6 heteroatoms. The number of ether oxygens (including phenoxy) is 2. The molecule has 2 aromatic rings. The highest BCUT2D eigenvalue weighted by atomic mass is 19.1. The van der Waals surface area contributed by atoms with Gasteiger partial charge in [0.2, 0.25) is 12.7 Å². The first-order chi connectivity index (χ1) is 9.72.